The summed E-state index contributed by atoms with van der Waals surface area (Å²) in [4.78, 5) is 41.5. The maximum atomic E-state index is 11.7. The van der Waals surface area contributed by atoms with Gasteiger partial charge in [-0.1, -0.05) is 45.8 Å². The number of aliphatic carboxylic acids is 2. The number of carbonyl (C=O) groups is 2. The standard InChI is InChI=1S/C40H54N4O5/c1-8-10-11-12-17-49-26(7)40-25(6)33-19-34-27(9-2)22(3)30(41-34)18-31-23(4)28(13-15-38(45)46)35(42-31)21-36-29(14-16-39(47)48)24(5)32(43-36)20-37(40)44-33/h9,23,26,33,41,43H,2,8,10-21H2,1,3-7H3,(H,45,46)(H,47,48). The summed E-state index contributed by atoms with van der Waals surface area (Å²) in [5.41, 5.74) is 14.8. The highest BCUT2D eigenvalue weighted by Crippen LogP contribution is 2.37. The summed E-state index contributed by atoms with van der Waals surface area (Å²) in [7, 11) is 0. The number of ether oxygens (including phenoxy) is 1. The van der Waals surface area contributed by atoms with Crippen LogP contribution in [0.25, 0.3) is 6.08 Å². The third-order valence-corrected chi connectivity index (χ3v) is 10.9. The van der Waals surface area contributed by atoms with Gasteiger partial charge in [0.15, 0.2) is 0 Å². The molecule has 49 heavy (non-hydrogen) atoms. The summed E-state index contributed by atoms with van der Waals surface area (Å²) in [5, 5.41) is 19.2. The molecule has 0 spiro atoms. The van der Waals surface area contributed by atoms with E-state index in [1.54, 1.807) is 0 Å². The highest BCUT2D eigenvalue weighted by molar-refractivity contribution is 6.05. The zero-order valence-electron chi connectivity index (χ0n) is 30.2. The van der Waals surface area contributed by atoms with E-state index in [4.69, 9.17) is 14.7 Å². The molecule has 3 atom stereocenters. The number of allylic oxidation sites excluding steroid dienone is 2. The van der Waals surface area contributed by atoms with Gasteiger partial charge < -0.3 is 24.9 Å². The smallest absolute Gasteiger partial charge is 0.303 e. The molecular weight excluding hydrogens is 616 g/mol. The summed E-state index contributed by atoms with van der Waals surface area (Å²) in [5.74, 6) is -1.67. The third kappa shape index (κ3) is 7.93. The average molecular weight is 671 g/mol. The van der Waals surface area contributed by atoms with E-state index in [0.717, 1.165) is 86.1 Å². The first kappa shape index (κ1) is 36.3. The number of nitrogens with one attached hydrogen (secondary N) is 2. The predicted octanol–water partition coefficient (Wildman–Crippen LogP) is 7.84. The Morgan fingerprint density at radius 1 is 0.959 bits per heavy atom. The fourth-order valence-electron chi connectivity index (χ4n) is 7.98. The molecule has 0 saturated heterocycles. The van der Waals surface area contributed by atoms with E-state index < -0.39 is 11.9 Å². The van der Waals surface area contributed by atoms with E-state index in [-0.39, 0.29) is 30.9 Å². The van der Waals surface area contributed by atoms with E-state index >= 15 is 0 Å². The molecule has 5 heterocycles. The largest absolute Gasteiger partial charge is 0.481 e. The Morgan fingerprint density at radius 2 is 1.65 bits per heavy atom. The molecule has 2 aromatic heterocycles. The van der Waals surface area contributed by atoms with Crippen LogP contribution in [0.5, 0.6) is 0 Å². The van der Waals surface area contributed by atoms with Crippen LogP contribution in [0.15, 0.2) is 39.0 Å². The van der Waals surface area contributed by atoms with E-state index in [1.807, 2.05) is 6.08 Å². The first-order valence-electron chi connectivity index (χ1n) is 18.1. The van der Waals surface area contributed by atoms with E-state index in [1.165, 1.54) is 18.4 Å². The molecule has 0 fully saturated rings. The summed E-state index contributed by atoms with van der Waals surface area (Å²) < 4.78 is 6.46. The quantitative estimate of drug-likeness (QED) is 0.152. The molecule has 2 aromatic rings. The number of carboxylic acid groups (broad SMARTS) is 2. The molecule has 0 aromatic carbocycles. The maximum Gasteiger partial charge on any atom is 0.303 e. The normalized spacial score (nSPS) is 19.7. The molecule has 5 rings (SSSR count). The van der Waals surface area contributed by atoms with Crippen LogP contribution in [0, 0.1) is 19.8 Å². The average Bonchev–Trinajstić information content (AvgIpc) is 3.71. The number of fused-ring (bicyclic) bond motifs is 6. The number of nitrogens with zero attached hydrogens (tertiary/aromatic N) is 2. The molecule has 3 aliphatic heterocycles. The first-order valence-corrected chi connectivity index (χ1v) is 18.1. The van der Waals surface area contributed by atoms with Gasteiger partial charge in [0.2, 0.25) is 0 Å². The molecule has 9 nitrogen and oxygen atoms in total. The van der Waals surface area contributed by atoms with Crippen LogP contribution in [0.1, 0.15) is 118 Å². The number of hydrogen-bond donors (Lipinski definition) is 4. The van der Waals surface area contributed by atoms with Gasteiger partial charge in [0.1, 0.15) is 0 Å². The van der Waals surface area contributed by atoms with Gasteiger partial charge in [0.05, 0.1) is 12.1 Å². The number of H-pyrrole nitrogens is 2. The highest BCUT2D eigenvalue weighted by atomic mass is 16.5. The van der Waals surface area contributed by atoms with Crippen LogP contribution in [-0.2, 0) is 46.4 Å². The minimum absolute atomic E-state index is 0.000807. The lowest BCUT2D eigenvalue weighted by Crippen LogP contribution is -2.21. The van der Waals surface area contributed by atoms with Crippen LogP contribution in [-0.4, -0.2) is 62.3 Å². The zero-order chi connectivity index (χ0) is 35.4. The van der Waals surface area contributed by atoms with Gasteiger partial charge in [0, 0.05) is 96.5 Å². The summed E-state index contributed by atoms with van der Waals surface area (Å²) in [6.45, 7) is 17.7. The van der Waals surface area contributed by atoms with Gasteiger partial charge in [-0.3, -0.25) is 19.6 Å². The van der Waals surface area contributed by atoms with Gasteiger partial charge in [-0.25, -0.2) is 0 Å². The molecule has 0 aliphatic carbocycles. The van der Waals surface area contributed by atoms with Crippen molar-refractivity contribution < 1.29 is 24.5 Å². The number of aromatic amines is 2. The van der Waals surface area contributed by atoms with E-state index in [0.29, 0.717) is 45.1 Å². The molecule has 3 aliphatic rings. The lowest BCUT2D eigenvalue weighted by atomic mass is 9.89. The molecule has 0 amide bonds. The Hall–Kier alpha value is -3.98. The second kappa shape index (κ2) is 15.7. The van der Waals surface area contributed by atoms with Crippen LogP contribution >= 0.6 is 0 Å². The van der Waals surface area contributed by atoms with Crippen molar-refractivity contribution in [3.8, 4) is 0 Å². The van der Waals surface area contributed by atoms with E-state index in [2.05, 4.69) is 58.1 Å². The Bertz CT molecular complexity index is 1730. The number of carboxylic acids is 2. The first-order chi connectivity index (χ1) is 23.4. The SMILES string of the molecule is C=Cc1c2[nH]c(c1C)CC1=NC(=C(CCC(=O)O)C1C)Cc1[nH]c(c(C)c1CCC(=O)O)CC1=NC(C2)C(C)=C1C(C)OCCCCCC. The lowest BCUT2D eigenvalue weighted by molar-refractivity contribution is -0.138. The number of unbranched alkanes of at least 4 members (excludes halogenated alkanes) is 3. The van der Waals surface area contributed by atoms with Crippen molar-refractivity contribution in [2.24, 2.45) is 15.9 Å². The van der Waals surface area contributed by atoms with Gasteiger partial charge in [-0.15, -0.1) is 0 Å². The minimum atomic E-state index is -0.837. The maximum absolute atomic E-state index is 11.7. The van der Waals surface area contributed by atoms with Crippen LogP contribution in [0.2, 0.25) is 0 Å². The number of aliphatic imine (C=N–C) groups is 2. The topological polar surface area (TPSA) is 140 Å². The van der Waals surface area contributed by atoms with Gasteiger partial charge in [0.25, 0.3) is 0 Å². The van der Waals surface area contributed by atoms with Crippen molar-refractivity contribution in [2.45, 2.75) is 131 Å². The number of aromatic nitrogens is 2. The second-order valence-corrected chi connectivity index (χ2v) is 14.1. The van der Waals surface area contributed by atoms with E-state index in [9.17, 15) is 19.8 Å². The van der Waals surface area contributed by atoms with Crippen molar-refractivity contribution in [1.82, 2.24) is 9.97 Å². The number of rotatable bonds is 14. The molecule has 4 N–H and O–H groups in total. The fraction of sp³-hybridized carbons (Fsp3) is 0.550. The summed E-state index contributed by atoms with van der Waals surface area (Å²) in [6, 6.07) is -0.0477. The Balaban J connectivity index is 1.61. The van der Waals surface area contributed by atoms with Crippen molar-refractivity contribution in [1.29, 1.82) is 0 Å². The predicted molar refractivity (Wildman–Crippen MR) is 196 cm³/mol. The minimum Gasteiger partial charge on any atom is -0.481 e. The third-order valence-electron chi connectivity index (χ3n) is 10.9. The Labute approximate surface area is 290 Å². The molecule has 0 saturated carbocycles. The van der Waals surface area contributed by atoms with Crippen molar-refractivity contribution >= 4 is 29.4 Å². The molecule has 3 unspecified atom stereocenters. The van der Waals surface area contributed by atoms with Crippen molar-refractivity contribution in [2.75, 3.05) is 6.61 Å². The Kier molecular flexibility index (Phi) is 11.6. The monoisotopic (exact) mass is 670 g/mol. The fourth-order valence-corrected chi connectivity index (χ4v) is 7.98. The molecule has 0 radical (unpaired) electrons. The van der Waals surface area contributed by atoms with Crippen molar-refractivity contribution in [3.05, 3.63) is 74.0 Å². The van der Waals surface area contributed by atoms with Crippen LogP contribution < -0.4 is 0 Å². The second-order valence-electron chi connectivity index (χ2n) is 14.1. The molecule has 264 valence electrons. The van der Waals surface area contributed by atoms with Crippen molar-refractivity contribution in [3.63, 3.8) is 0 Å². The van der Waals surface area contributed by atoms with Crippen LogP contribution in [0.4, 0.5) is 0 Å². The molecule has 9 heteroatoms. The highest BCUT2D eigenvalue weighted by Gasteiger charge is 2.33. The van der Waals surface area contributed by atoms with Crippen LogP contribution in [0.3, 0.4) is 0 Å². The lowest BCUT2D eigenvalue weighted by Gasteiger charge is -2.18. The molecular formula is C40H54N4O5. The Morgan fingerprint density at radius 3 is 2.35 bits per heavy atom. The van der Waals surface area contributed by atoms with Gasteiger partial charge >= 0.3 is 11.9 Å². The molecule has 8 bridgehead atoms. The summed E-state index contributed by atoms with van der Waals surface area (Å²) >= 11 is 0. The van der Waals surface area contributed by atoms with Gasteiger partial charge in [-0.05, 0) is 80.4 Å². The number of hydrogen-bond acceptors (Lipinski definition) is 5. The summed E-state index contributed by atoms with van der Waals surface area (Å²) in [6.07, 6.45) is 9.69. The zero-order valence-corrected chi connectivity index (χ0v) is 30.2. The van der Waals surface area contributed by atoms with Gasteiger partial charge in [-0.2, -0.15) is 0 Å².